The Morgan fingerprint density at radius 3 is 2.25 bits per heavy atom. The molecule has 8 aromatic rings. The molecule has 8 rings (SSSR count). The Kier molecular flexibility index (Phi) is 3.85. The minimum absolute atomic E-state index is 0.816. The fraction of sp³-hybridized carbons (Fsp3) is 0. The molecule has 0 N–H and O–H groups in total. The molecule has 36 heavy (non-hydrogen) atoms. The third-order valence-electron chi connectivity index (χ3n) is 6.81. The third-order valence-corrected chi connectivity index (χ3v) is 6.81. The van der Waals surface area contributed by atoms with Gasteiger partial charge in [-0.05, 0) is 60.7 Å². The number of nitrogens with zero attached hydrogens (tertiary/aromatic N) is 6. The summed E-state index contributed by atoms with van der Waals surface area (Å²) in [6.07, 6.45) is 3.61. The average Bonchev–Trinajstić information content (AvgIpc) is 3.44. The van der Waals surface area contributed by atoms with Crippen molar-refractivity contribution in [3.8, 4) is 11.5 Å². The van der Waals surface area contributed by atoms with Crippen LogP contribution in [0.4, 0.5) is 0 Å². The topological polar surface area (TPSA) is 61.4 Å². The highest BCUT2D eigenvalue weighted by atomic mass is 15.1. The van der Waals surface area contributed by atoms with Gasteiger partial charge in [-0.25, -0.2) is 9.97 Å². The minimum Gasteiger partial charge on any atom is -0.294 e. The standard InChI is InChI=1S/C30H18N6/c1-2-8-19(9-3-1)35-24-12-5-4-10-20(24)21-18-26-29(34-30(21)35)28-25(13-7-17-32-28)36(26)27-15-14-22-23(33-27)11-6-16-31-22/h1-18H. The van der Waals surface area contributed by atoms with E-state index in [0.717, 1.165) is 66.5 Å². The maximum Gasteiger partial charge on any atom is 0.146 e. The summed E-state index contributed by atoms with van der Waals surface area (Å²) in [6, 6.07) is 33.0. The Hall–Kier alpha value is -5.10. The van der Waals surface area contributed by atoms with E-state index < -0.39 is 0 Å². The lowest BCUT2D eigenvalue weighted by Crippen LogP contribution is -1.98. The fourth-order valence-corrected chi connectivity index (χ4v) is 5.26. The first-order valence-electron chi connectivity index (χ1n) is 11.8. The second-order valence-electron chi connectivity index (χ2n) is 8.83. The molecule has 0 atom stereocenters. The van der Waals surface area contributed by atoms with Crippen LogP contribution in [-0.4, -0.2) is 29.1 Å². The van der Waals surface area contributed by atoms with Gasteiger partial charge in [0, 0.05) is 28.9 Å². The molecule has 0 fully saturated rings. The molecule has 2 aromatic carbocycles. The Bertz CT molecular complexity index is 2100. The number of pyridine rings is 4. The molecular weight excluding hydrogens is 444 g/mol. The monoisotopic (exact) mass is 462 g/mol. The van der Waals surface area contributed by atoms with E-state index in [1.807, 2.05) is 42.6 Å². The molecule has 6 nitrogen and oxygen atoms in total. The van der Waals surface area contributed by atoms with Crippen molar-refractivity contribution < 1.29 is 0 Å². The van der Waals surface area contributed by atoms with Crippen molar-refractivity contribution in [2.24, 2.45) is 0 Å². The summed E-state index contributed by atoms with van der Waals surface area (Å²) in [4.78, 5) is 19.4. The van der Waals surface area contributed by atoms with Gasteiger partial charge in [0.15, 0.2) is 0 Å². The summed E-state index contributed by atoms with van der Waals surface area (Å²) in [6.45, 7) is 0. The van der Waals surface area contributed by atoms with E-state index in [0.29, 0.717) is 0 Å². The molecule has 0 aliphatic rings. The Morgan fingerprint density at radius 2 is 1.31 bits per heavy atom. The molecule has 0 radical (unpaired) electrons. The molecule has 6 heterocycles. The number of hydrogen-bond acceptors (Lipinski definition) is 4. The van der Waals surface area contributed by atoms with Gasteiger partial charge in [0.1, 0.15) is 22.5 Å². The molecule has 0 aliphatic carbocycles. The summed E-state index contributed by atoms with van der Waals surface area (Å²) in [5, 5.41) is 2.25. The molecule has 168 valence electrons. The van der Waals surface area contributed by atoms with E-state index in [4.69, 9.17) is 15.0 Å². The Balaban J connectivity index is 1.54. The lowest BCUT2D eigenvalue weighted by molar-refractivity contribution is 1.09. The van der Waals surface area contributed by atoms with Crippen LogP contribution in [0.3, 0.4) is 0 Å². The molecule has 0 bridgehead atoms. The zero-order valence-electron chi connectivity index (χ0n) is 19.1. The number of fused-ring (bicyclic) bond motifs is 7. The maximum atomic E-state index is 5.27. The smallest absolute Gasteiger partial charge is 0.146 e. The van der Waals surface area contributed by atoms with E-state index >= 15 is 0 Å². The van der Waals surface area contributed by atoms with Gasteiger partial charge in [0.25, 0.3) is 0 Å². The van der Waals surface area contributed by atoms with Crippen molar-refractivity contribution in [3.05, 3.63) is 109 Å². The normalized spacial score (nSPS) is 11.9. The fourth-order valence-electron chi connectivity index (χ4n) is 5.26. The van der Waals surface area contributed by atoms with Gasteiger partial charge in [-0.2, -0.15) is 0 Å². The molecule has 6 aromatic heterocycles. The summed E-state index contributed by atoms with van der Waals surface area (Å²) in [5.74, 6) is 0.816. The summed E-state index contributed by atoms with van der Waals surface area (Å²) < 4.78 is 4.39. The number of rotatable bonds is 2. The van der Waals surface area contributed by atoms with Crippen LogP contribution in [0.2, 0.25) is 0 Å². The number of hydrogen-bond donors (Lipinski definition) is 0. The van der Waals surface area contributed by atoms with Gasteiger partial charge >= 0.3 is 0 Å². The van der Waals surface area contributed by atoms with Crippen molar-refractivity contribution in [2.75, 3.05) is 0 Å². The van der Waals surface area contributed by atoms with Gasteiger partial charge < -0.3 is 0 Å². The van der Waals surface area contributed by atoms with Crippen LogP contribution in [0, 0.1) is 0 Å². The van der Waals surface area contributed by atoms with Crippen LogP contribution < -0.4 is 0 Å². The predicted octanol–water partition coefficient (Wildman–Crippen LogP) is 6.61. The van der Waals surface area contributed by atoms with E-state index in [-0.39, 0.29) is 0 Å². The maximum absolute atomic E-state index is 5.27. The van der Waals surface area contributed by atoms with E-state index in [9.17, 15) is 0 Å². The molecular formula is C30H18N6. The van der Waals surface area contributed by atoms with Crippen LogP contribution in [0.1, 0.15) is 0 Å². The van der Waals surface area contributed by atoms with Crippen molar-refractivity contribution in [3.63, 3.8) is 0 Å². The number of para-hydroxylation sites is 2. The van der Waals surface area contributed by atoms with E-state index in [2.05, 4.69) is 74.8 Å². The SMILES string of the molecule is c1ccc(-n2c3ccccc3c3cc4c(nc32)c2ncccc2n4-c2ccc3ncccc3n2)cc1. The van der Waals surface area contributed by atoms with Crippen molar-refractivity contribution >= 4 is 55.0 Å². The molecule has 0 unspecified atom stereocenters. The number of aromatic nitrogens is 6. The van der Waals surface area contributed by atoms with Gasteiger partial charge in [-0.3, -0.25) is 19.1 Å². The molecule has 6 heteroatoms. The second kappa shape index (κ2) is 7.20. The summed E-state index contributed by atoms with van der Waals surface area (Å²) >= 11 is 0. The highest BCUT2D eigenvalue weighted by Crippen LogP contribution is 2.36. The third kappa shape index (κ3) is 2.61. The van der Waals surface area contributed by atoms with Gasteiger partial charge in [0.2, 0.25) is 0 Å². The van der Waals surface area contributed by atoms with Gasteiger partial charge in [-0.1, -0.05) is 36.4 Å². The highest BCUT2D eigenvalue weighted by molar-refractivity contribution is 6.14. The van der Waals surface area contributed by atoms with E-state index in [1.54, 1.807) is 6.20 Å². The van der Waals surface area contributed by atoms with Crippen LogP contribution >= 0.6 is 0 Å². The highest BCUT2D eigenvalue weighted by Gasteiger charge is 2.20. The predicted molar refractivity (Wildman–Crippen MR) is 144 cm³/mol. The lowest BCUT2D eigenvalue weighted by atomic mass is 10.2. The zero-order valence-corrected chi connectivity index (χ0v) is 19.1. The van der Waals surface area contributed by atoms with Crippen LogP contribution in [0.5, 0.6) is 0 Å². The van der Waals surface area contributed by atoms with Crippen molar-refractivity contribution in [2.45, 2.75) is 0 Å². The van der Waals surface area contributed by atoms with Crippen LogP contribution in [0.15, 0.2) is 109 Å². The molecule has 0 saturated heterocycles. The molecule has 0 aliphatic heterocycles. The van der Waals surface area contributed by atoms with E-state index in [1.165, 1.54) is 0 Å². The van der Waals surface area contributed by atoms with Crippen molar-refractivity contribution in [1.82, 2.24) is 29.1 Å². The first-order valence-corrected chi connectivity index (χ1v) is 11.8. The van der Waals surface area contributed by atoms with Gasteiger partial charge in [-0.15, -0.1) is 0 Å². The van der Waals surface area contributed by atoms with Crippen LogP contribution in [0.25, 0.3) is 66.5 Å². The zero-order chi connectivity index (χ0) is 23.6. The quantitative estimate of drug-likeness (QED) is 0.290. The van der Waals surface area contributed by atoms with Crippen LogP contribution in [-0.2, 0) is 0 Å². The molecule has 0 amide bonds. The van der Waals surface area contributed by atoms with Gasteiger partial charge in [0.05, 0.1) is 27.6 Å². The molecule has 0 spiro atoms. The lowest BCUT2D eigenvalue weighted by Gasteiger charge is -2.08. The summed E-state index contributed by atoms with van der Waals surface area (Å²) in [7, 11) is 0. The second-order valence-corrected chi connectivity index (χ2v) is 8.83. The first kappa shape index (κ1) is 19.2. The number of benzene rings is 2. The Morgan fingerprint density at radius 1 is 0.500 bits per heavy atom. The molecule has 0 saturated carbocycles. The average molecular weight is 463 g/mol. The first-order chi connectivity index (χ1) is 17.9. The largest absolute Gasteiger partial charge is 0.294 e. The minimum atomic E-state index is 0.816. The van der Waals surface area contributed by atoms with Crippen molar-refractivity contribution in [1.29, 1.82) is 0 Å². The Labute approximate surface area is 205 Å². The summed E-state index contributed by atoms with van der Waals surface area (Å²) in [5.41, 5.74) is 8.49.